The van der Waals surface area contributed by atoms with Crippen molar-refractivity contribution in [1.82, 2.24) is 15.1 Å². The van der Waals surface area contributed by atoms with Gasteiger partial charge in [0.05, 0.1) is 6.54 Å². The summed E-state index contributed by atoms with van der Waals surface area (Å²) >= 11 is 0. The molecular weight excluding hydrogens is 206 g/mol. The molecule has 0 saturated carbocycles. The lowest BCUT2D eigenvalue weighted by Gasteiger charge is -2.20. The first-order valence-electron chi connectivity index (χ1n) is 5.99. The van der Waals surface area contributed by atoms with Gasteiger partial charge in [-0.1, -0.05) is 0 Å². The summed E-state index contributed by atoms with van der Waals surface area (Å²) in [6, 6.07) is -0.113. The molecule has 1 fully saturated rings. The maximum absolute atomic E-state index is 11.6. The average Bonchev–Trinajstić information content (AvgIpc) is 2.81. The van der Waals surface area contributed by atoms with Crippen LogP contribution in [0.4, 0.5) is 4.79 Å². The highest BCUT2D eigenvalue weighted by Gasteiger charge is 2.18. The van der Waals surface area contributed by atoms with Crippen LogP contribution in [0, 0.1) is 0 Å². The van der Waals surface area contributed by atoms with Gasteiger partial charge in [0.1, 0.15) is 0 Å². The molecule has 0 radical (unpaired) electrons. The molecule has 1 aliphatic heterocycles. The Morgan fingerprint density at radius 2 is 1.75 bits per heavy atom. The Hall–Kier alpha value is -1.26. The second kappa shape index (κ2) is 6.35. The zero-order valence-electron chi connectivity index (χ0n) is 10.2. The Morgan fingerprint density at radius 3 is 2.25 bits per heavy atom. The van der Waals surface area contributed by atoms with E-state index in [1.807, 2.05) is 13.8 Å². The fourth-order valence-electron chi connectivity index (χ4n) is 1.87. The molecular formula is C11H21N3O2. The van der Waals surface area contributed by atoms with Crippen molar-refractivity contribution < 1.29 is 9.59 Å². The molecule has 5 heteroatoms. The molecule has 1 saturated heterocycles. The maximum atomic E-state index is 11.6. The molecule has 0 aromatic carbocycles. The Bertz CT molecular complexity index is 232. The molecule has 0 unspecified atom stereocenters. The minimum Gasteiger partial charge on any atom is -0.342 e. The number of likely N-dealkylation sites (N-methyl/N-ethyl adjacent to an activating group) is 1. The highest BCUT2D eigenvalue weighted by Crippen LogP contribution is 2.06. The second-order valence-electron chi connectivity index (χ2n) is 3.92. The van der Waals surface area contributed by atoms with E-state index in [0.717, 1.165) is 25.9 Å². The van der Waals surface area contributed by atoms with Gasteiger partial charge in [-0.25, -0.2) is 4.79 Å². The first-order valence-corrected chi connectivity index (χ1v) is 5.99. The van der Waals surface area contributed by atoms with Crippen molar-refractivity contribution in [3.63, 3.8) is 0 Å². The van der Waals surface area contributed by atoms with Crippen molar-refractivity contribution in [3.8, 4) is 0 Å². The molecule has 0 aliphatic carbocycles. The summed E-state index contributed by atoms with van der Waals surface area (Å²) in [6.45, 7) is 6.98. The third-order valence-electron chi connectivity index (χ3n) is 2.90. The zero-order valence-corrected chi connectivity index (χ0v) is 10.2. The number of nitrogens with one attached hydrogen (secondary N) is 1. The standard InChI is InChI=1S/C11H21N3O2/c1-3-13(4-2)10(15)9-12-11(16)14-7-5-6-8-14/h3-9H2,1-2H3,(H,12,16). The summed E-state index contributed by atoms with van der Waals surface area (Å²) in [7, 11) is 0. The topological polar surface area (TPSA) is 52.7 Å². The summed E-state index contributed by atoms with van der Waals surface area (Å²) in [5, 5.41) is 2.67. The van der Waals surface area contributed by atoms with Crippen molar-refractivity contribution in [3.05, 3.63) is 0 Å². The predicted molar refractivity (Wildman–Crippen MR) is 62.1 cm³/mol. The molecule has 1 N–H and O–H groups in total. The fraction of sp³-hybridized carbons (Fsp3) is 0.818. The number of likely N-dealkylation sites (tertiary alicyclic amines) is 1. The van der Waals surface area contributed by atoms with E-state index >= 15 is 0 Å². The van der Waals surface area contributed by atoms with Crippen LogP contribution in [0.25, 0.3) is 0 Å². The van der Waals surface area contributed by atoms with E-state index in [2.05, 4.69) is 5.32 Å². The van der Waals surface area contributed by atoms with Gasteiger partial charge < -0.3 is 15.1 Å². The minimum absolute atomic E-state index is 0.0162. The van der Waals surface area contributed by atoms with Crippen LogP contribution in [0.1, 0.15) is 26.7 Å². The smallest absolute Gasteiger partial charge is 0.317 e. The molecule has 0 bridgehead atoms. The van der Waals surface area contributed by atoms with Gasteiger partial charge in [0.25, 0.3) is 0 Å². The summed E-state index contributed by atoms with van der Waals surface area (Å²) in [5.41, 5.74) is 0. The Kier molecular flexibility index (Phi) is 5.08. The van der Waals surface area contributed by atoms with Gasteiger partial charge in [0.2, 0.25) is 5.91 Å². The minimum atomic E-state index is -0.113. The lowest BCUT2D eigenvalue weighted by atomic mass is 10.4. The number of hydrogen-bond donors (Lipinski definition) is 1. The Balaban J connectivity index is 2.27. The lowest BCUT2D eigenvalue weighted by Crippen LogP contribution is -2.44. The first-order chi connectivity index (χ1) is 7.69. The summed E-state index contributed by atoms with van der Waals surface area (Å²) in [4.78, 5) is 26.7. The average molecular weight is 227 g/mol. The van der Waals surface area contributed by atoms with E-state index in [0.29, 0.717) is 13.1 Å². The van der Waals surface area contributed by atoms with Gasteiger partial charge in [-0.15, -0.1) is 0 Å². The van der Waals surface area contributed by atoms with E-state index < -0.39 is 0 Å². The van der Waals surface area contributed by atoms with Crippen molar-refractivity contribution in [2.45, 2.75) is 26.7 Å². The van der Waals surface area contributed by atoms with Crippen LogP contribution in [0.15, 0.2) is 0 Å². The maximum Gasteiger partial charge on any atom is 0.317 e. The monoisotopic (exact) mass is 227 g/mol. The molecule has 0 aromatic heterocycles. The zero-order chi connectivity index (χ0) is 12.0. The van der Waals surface area contributed by atoms with Crippen molar-refractivity contribution >= 4 is 11.9 Å². The van der Waals surface area contributed by atoms with Crippen LogP contribution in [-0.4, -0.2) is 54.5 Å². The molecule has 16 heavy (non-hydrogen) atoms. The van der Waals surface area contributed by atoms with Gasteiger partial charge in [-0.05, 0) is 26.7 Å². The molecule has 1 aliphatic rings. The highest BCUT2D eigenvalue weighted by atomic mass is 16.2. The van der Waals surface area contributed by atoms with E-state index in [1.54, 1.807) is 9.80 Å². The van der Waals surface area contributed by atoms with Gasteiger partial charge in [-0.3, -0.25) is 4.79 Å². The van der Waals surface area contributed by atoms with Crippen molar-refractivity contribution in [1.29, 1.82) is 0 Å². The van der Waals surface area contributed by atoms with Crippen LogP contribution < -0.4 is 5.32 Å². The fourth-order valence-corrected chi connectivity index (χ4v) is 1.87. The van der Waals surface area contributed by atoms with Crippen LogP contribution in [0.3, 0.4) is 0 Å². The third kappa shape index (κ3) is 3.40. The molecule has 0 aromatic rings. The van der Waals surface area contributed by atoms with Gasteiger partial charge in [0, 0.05) is 26.2 Å². The Labute approximate surface area is 96.8 Å². The summed E-state index contributed by atoms with van der Waals surface area (Å²) in [6.07, 6.45) is 2.13. The van der Waals surface area contributed by atoms with Crippen molar-refractivity contribution in [2.24, 2.45) is 0 Å². The normalized spacial score (nSPS) is 15.0. The number of amides is 3. The summed E-state index contributed by atoms with van der Waals surface area (Å²) in [5.74, 6) is -0.0162. The van der Waals surface area contributed by atoms with E-state index in [1.165, 1.54) is 0 Å². The van der Waals surface area contributed by atoms with Crippen LogP contribution in [0.5, 0.6) is 0 Å². The molecule has 5 nitrogen and oxygen atoms in total. The SMILES string of the molecule is CCN(CC)C(=O)CNC(=O)N1CCCC1. The van der Waals surface area contributed by atoms with Crippen LogP contribution >= 0.6 is 0 Å². The molecule has 0 spiro atoms. The van der Waals surface area contributed by atoms with Crippen molar-refractivity contribution in [2.75, 3.05) is 32.7 Å². The Morgan fingerprint density at radius 1 is 1.19 bits per heavy atom. The molecule has 1 heterocycles. The number of urea groups is 1. The summed E-state index contributed by atoms with van der Waals surface area (Å²) < 4.78 is 0. The second-order valence-corrected chi connectivity index (χ2v) is 3.92. The van der Waals surface area contributed by atoms with Crippen LogP contribution in [-0.2, 0) is 4.79 Å². The van der Waals surface area contributed by atoms with Gasteiger partial charge in [0.15, 0.2) is 0 Å². The molecule has 92 valence electrons. The number of carbonyl (C=O) groups excluding carboxylic acids is 2. The number of carbonyl (C=O) groups is 2. The number of nitrogens with zero attached hydrogens (tertiary/aromatic N) is 2. The predicted octanol–water partition coefficient (Wildman–Crippen LogP) is 0.660. The first kappa shape index (κ1) is 12.8. The van der Waals surface area contributed by atoms with E-state index in [4.69, 9.17) is 0 Å². The third-order valence-corrected chi connectivity index (χ3v) is 2.90. The van der Waals surface area contributed by atoms with E-state index in [9.17, 15) is 9.59 Å². The van der Waals surface area contributed by atoms with Gasteiger partial charge in [-0.2, -0.15) is 0 Å². The highest BCUT2D eigenvalue weighted by molar-refractivity contribution is 5.84. The van der Waals surface area contributed by atoms with Gasteiger partial charge >= 0.3 is 6.03 Å². The number of rotatable bonds is 4. The molecule has 0 atom stereocenters. The molecule has 1 rings (SSSR count). The van der Waals surface area contributed by atoms with Crippen LogP contribution in [0.2, 0.25) is 0 Å². The van der Waals surface area contributed by atoms with E-state index in [-0.39, 0.29) is 18.5 Å². The lowest BCUT2D eigenvalue weighted by molar-refractivity contribution is -0.129. The largest absolute Gasteiger partial charge is 0.342 e. The number of hydrogen-bond acceptors (Lipinski definition) is 2. The quantitative estimate of drug-likeness (QED) is 0.767. The molecule has 3 amide bonds.